The lowest BCUT2D eigenvalue weighted by Crippen LogP contribution is -2.29. The maximum absolute atomic E-state index is 18.2. The van der Waals surface area contributed by atoms with Crippen molar-refractivity contribution >= 4 is 88.2 Å². The molecule has 0 saturated heterocycles. The SMILES string of the molecule is CCCCCCc1cccc(C2(c3cccc(CCCCCC)c3)c3ccsc3-c3sc4c(-c5cc(F)c(CC(CC)CCCC)s5)c5c6c(sc5c(-c5cc(F)c(CC(CC)CCCC)s5)c4c32)-c2sccc2C6(c2cccc(CCCCCC)c2)c2cccc(CCCCCC)c2)c1. The number of hydrogen-bond acceptors (Lipinski definition) is 6. The molecule has 0 amide bonds. The summed E-state index contributed by atoms with van der Waals surface area (Å²) in [5.74, 6) is 0.638. The van der Waals surface area contributed by atoms with E-state index in [4.69, 9.17) is 0 Å². The van der Waals surface area contributed by atoms with Crippen LogP contribution in [0.3, 0.4) is 0 Å². The van der Waals surface area contributed by atoms with Gasteiger partial charge >= 0.3 is 0 Å². The van der Waals surface area contributed by atoms with Crippen LogP contribution in [0, 0.1) is 23.5 Å². The smallest absolute Gasteiger partial charge is 0.137 e. The van der Waals surface area contributed by atoms with E-state index in [0.717, 1.165) is 146 Å². The number of benzene rings is 5. The Hall–Kier alpha value is -5.32. The molecule has 100 heavy (non-hydrogen) atoms. The fourth-order valence-electron chi connectivity index (χ4n) is 17.4. The Balaban J connectivity index is 1.21. The van der Waals surface area contributed by atoms with Crippen LogP contribution in [0.25, 0.3) is 60.6 Å². The van der Waals surface area contributed by atoms with Crippen molar-refractivity contribution in [3.63, 3.8) is 0 Å². The average Bonchev–Trinajstić information content (AvgIpc) is 1.50. The average molecular weight is 1440 g/mol. The van der Waals surface area contributed by atoms with Crippen molar-refractivity contribution < 1.29 is 8.78 Å². The quantitative estimate of drug-likeness (QED) is 0.0338. The van der Waals surface area contributed by atoms with Gasteiger partial charge in [0.25, 0.3) is 0 Å². The molecule has 0 saturated carbocycles. The number of fused-ring (bicyclic) bond motifs is 10. The molecular formula is C92H108F2S6. The van der Waals surface area contributed by atoms with Crippen molar-refractivity contribution in [3.05, 3.63) is 220 Å². The van der Waals surface area contributed by atoms with Gasteiger partial charge in [-0.3, -0.25) is 0 Å². The molecule has 0 fully saturated rings. The van der Waals surface area contributed by atoms with E-state index in [-0.39, 0.29) is 11.6 Å². The molecule has 11 aromatic rings. The molecule has 0 bridgehead atoms. The first kappa shape index (κ1) is 73.0. The molecule has 2 aliphatic carbocycles. The van der Waals surface area contributed by atoms with E-state index in [1.54, 1.807) is 22.7 Å². The van der Waals surface area contributed by atoms with Crippen LogP contribution in [0.15, 0.2) is 132 Å². The van der Waals surface area contributed by atoms with Gasteiger partial charge in [0.15, 0.2) is 0 Å². The van der Waals surface area contributed by atoms with Crippen molar-refractivity contribution in [3.8, 4) is 40.4 Å². The maximum atomic E-state index is 18.2. The zero-order valence-corrected chi connectivity index (χ0v) is 66.2. The molecule has 0 nitrogen and oxygen atoms in total. The fourth-order valence-corrected chi connectivity index (χ4v) is 25.0. The molecule has 2 atom stereocenters. The molecule has 8 heteroatoms. The molecule has 2 unspecified atom stereocenters. The van der Waals surface area contributed by atoms with Gasteiger partial charge in [-0.15, -0.1) is 68.0 Å². The molecule has 0 radical (unpaired) electrons. The molecule has 526 valence electrons. The van der Waals surface area contributed by atoms with Crippen LogP contribution in [0.5, 0.6) is 0 Å². The molecule has 0 N–H and O–H groups in total. The van der Waals surface area contributed by atoms with Crippen molar-refractivity contribution in [2.75, 3.05) is 0 Å². The number of unbranched alkanes of at least 4 members (excludes halogenated alkanes) is 14. The van der Waals surface area contributed by atoms with Crippen molar-refractivity contribution in [1.29, 1.82) is 0 Å². The minimum Gasteiger partial charge on any atom is -0.206 e. The summed E-state index contributed by atoms with van der Waals surface area (Å²) in [5.41, 5.74) is 17.0. The van der Waals surface area contributed by atoms with Crippen LogP contribution in [0.1, 0.15) is 286 Å². The number of aryl methyl sites for hydroxylation is 4. The van der Waals surface area contributed by atoms with E-state index in [0.29, 0.717) is 11.8 Å². The van der Waals surface area contributed by atoms with Gasteiger partial charge in [-0.1, -0.05) is 281 Å². The Morgan fingerprint density at radius 2 is 0.680 bits per heavy atom. The van der Waals surface area contributed by atoms with Crippen molar-refractivity contribution in [2.24, 2.45) is 11.8 Å². The Bertz CT molecular complexity index is 4130. The Morgan fingerprint density at radius 3 is 0.990 bits per heavy atom. The first-order valence-electron chi connectivity index (χ1n) is 39.3. The number of rotatable bonds is 38. The lowest BCUT2D eigenvalue weighted by atomic mass is 9.65. The molecule has 5 aromatic carbocycles. The van der Waals surface area contributed by atoms with Crippen LogP contribution < -0.4 is 0 Å². The van der Waals surface area contributed by atoms with Gasteiger partial charge in [0.05, 0.1) is 20.6 Å². The van der Waals surface area contributed by atoms with E-state index in [9.17, 15) is 0 Å². The summed E-state index contributed by atoms with van der Waals surface area (Å²) in [4.78, 5) is 9.03. The normalized spacial score (nSPS) is 14.2. The Kier molecular flexibility index (Phi) is 24.6. The summed E-state index contributed by atoms with van der Waals surface area (Å²) in [7, 11) is 0. The second kappa shape index (κ2) is 33.6. The maximum Gasteiger partial charge on any atom is 0.137 e. The summed E-state index contributed by atoms with van der Waals surface area (Å²) < 4.78 is 38.7. The lowest BCUT2D eigenvalue weighted by molar-refractivity contribution is 0.444. The van der Waals surface area contributed by atoms with Crippen molar-refractivity contribution in [1.82, 2.24) is 0 Å². The van der Waals surface area contributed by atoms with E-state index < -0.39 is 10.8 Å². The van der Waals surface area contributed by atoms with Gasteiger partial charge in [0.1, 0.15) is 11.6 Å². The predicted molar refractivity (Wildman–Crippen MR) is 440 cm³/mol. The monoisotopic (exact) mass is 1440 g/mol. The van der Waals surface area contributed by atoms with E-state index in [1.807, 2.05) is 57.5 Å². The summed E-state index contributed by atoms with van der Waals surface area (Å²) in [6.07, 6.45) is 33.7. The Morgan fingerprint density at radius 1 is 0.350 bits per heavy atom. The largest absolute Gasteiger partial charge is 0.206 e. The third-order valence-electron chi connectivity index (χ3n) is 22.8. The van der Waals surface area contributed by atoms with Gasteiger partial charge in [-0.25, -0.2) is 8.78 Å². The standard InChI is InChI=1S/C92H108F2S6/c1-9-17-23-27-37-63-41-31-45-67(53-63)91(68-46-32-42-64(54-68)38-28-24-18-10-2)71-49-51-95-85(71)89-83(91)81-79(77-59-73(93)75(97-77)57-61(15-7)35-21-13-5)88-82(80(87(81)99-89)78-60-74(94)76(98-78)58-62(16-8)36-22-14-6)84-90(100-88)86-72(50-52-96-86)92(84,69-47-33-43-65(55-69)39-29-25-19-11-3)70-48-34-44-66(56-70)40-30-26-20-12-4/h31-34,41-56,59-62H,9-30,35-40,57-58H2,1-8H3. The van der Waals surface area contributed by atoms with Crippen LogP contribution in [0.2, 0.25) is 0 Å². The summed E-state index contributed by atoms with van der Waals surface area (Å²) >= 11 is 11.2. The first-order chi connectivity index (χ1) is 49.1. The van der Waals surface area contributed by atoms with Gasteiger partial charge in [-0.05, 0) is 178 Å². The van der Waals surface area contributed by atoms with Crippen LogP contribution in [-0.4, -0.2) is 0 Å². The first-order valence-corrected chi connectivity index (χ1v) is 44.3. The fraction of sp³-hybridized carbons (Fsp3) is 0.457. The van der Waals surface area contributed by atoms with E-state index in [2.05, 4.69) is 175 Å². The highest BCUT2D eigenvalue weighted by atomic mass is 32.1. The molecule has 13 rings (SSSR count). The molecule has 0 aliphatic heterocycles. The third-order valence-corrected chi connectivity index (χ3v) is 29.7. The zero-order chi connectivity index (χ0) is 69.3. The summed E-state index contributed by atoms with van der Waals surface area (Å²) in [5, 5.41) is 7.17. The Labute approximate surface area is 623 Å². The highest BCUT2D eigenvalue weighted by Gasteiger charge is 2.54. The minimum atomic E-state index is -0.729. The summed E-state index contributed by atoms with van der Waals surface area (Å²) in [6, 6.07) is 48.0. The molecule has 2 aliphatic rings. The minimum absolute atomic E-state index is 0.0758. The molecular weight excluding hydrogens is 1340 g/mol. The van der Waals surface area contributed by atoms with Crippen LogP contribution in [0.4, 0.5) is 8.78 Å². The predicted octanol–water partition coefficient (Wildman–Crippen LogP) is 30.7. The van der Waals surface area contributed by atoms with Gasteiger partial charge in [0.2, 0.25) is 0 Å². The third kappa shape index (κ3) is 14.1. The number of hydrogen-bond donors (Lipinski definition) is 0. The lowest BCUT2D eigenvalue weighted by Gasteiger charge is -2.35. The van der Waals surface area contributed by atoms with Crippen LogP contribution >= 0.6 is 68.0 Å². The van der Waals surface area contributed by atoms with Gasteiger partial charge in [0, 0.05) is 60.6 Å². The van der Waals surface area contributed by atoms with Gasteiger partial charge in [-0.2, -0.15) is 0 Å². The topological polar surface area (TPSA) is 0 Å². The van der Waals surface area contributed by atoms with Crippen LogP contribution in [-0.2, 0) is 49.4 Å². The second-order valence-electron chi connectivity index (χ2n) is 29.6. The highest BCUT2D eigenvalue weighted by Crippen LogP contribution is 2.70. The molecule has 6 heterocycles. The summed E-state index contributed by atoms with van der Waals surface area (Å²) in [6.45, 7) is 18.4. The molecule has 6 aromatic heterocycles. The van der Waals surface area contributed by atoms with E-state index in [1.165, 1.54) is 183 Å². The van der Waals surface area contributed by atoms with Crippen molar-refractivity contribution in [2.45, 2.75) is 259 Å². The molecule has 0 spiro atoms. The van der Waals surface area contributed by atoms with E-state index >= 15 is 8.78 Å². The zero-order valence-electron chi connectivity index (χ0n) is 61.3. The number of thiophene rings is 6. The highest BCUT2D eigenvalue weighted by molar-refractivity contribution is 7.29. The number of halogens is 2. The van der Waals surface area contributed by atoms with Gasteiger partial charge < -0.3 is 0 Å². The second-order valence-corrected chi connectivity index (χ2v) is 35.8.